The van der Waals surface area contributed by atoms with E-state index in [1.807, 2.05) is 55.6 Å². The molecule has 3 aromatic rings. The smallest absolute Gasteiger partial charge is 0.210 e. The van der Waals surface area contributed by atoms with E-state index in [0.717, 1.165) is 44.1 Å². The number of fused-ring (bicyclic) bond motifs is 3. The van der Waals surface area contributed by atoms with Crippen LogP contribution in [0.25, 0.3) is 11.3 Å². The van der Waals surface area contributed by atoms with Crippen molar-refractivity contribution < 1.29 is 14.2 Å². The summed E-state index contributed by atoms with van der Waals surface area (Å²) in [5.74, 6) is 2.43. The van der Waals surface area contributed by atoms with Crippen LogP contribution in [-0.2, 0) is 6.61 Å². The minimum absolute atomic E-state index is 0.506. The lowest BCUT2D eigenvalue weighted by Crippen LogP contribution is -2.03. The second-order valence-corrected chi connectivity index (χ2v) is 6.74. The molecule has 0 aliphatic carbocycles. The summed E-state index contributed by atoms with van der Waals surface area (Å²) in [6.07, 6.45) is 1.82. The molecular weight excluding hydrogens is 348 g/mol. The Hall–Kier alpha value is -2.86. The molecule has 0 fully saturated rings. The highest BCUT2D eigenvalue weighted by molar-refractivity contribution is 7.15. The first-order chi connectivity index (χ1) is 12.8. The molecule has 0 radical (unpaired) electrons. The van der Waals surface area contributed by atoms with Crippen LogP contribution in [0, 0.1) is 0 Å². The third kappa shape index (κ3) is 3.28. The third-order valence-electron chi connectivity index (χ3n) is 4.00. The summed E-state index contributed by atoms with van der Waals surface area (Å²) >= 11 is 1.55. The Bertz CT molecular complexity index is 948. The number of aliphatic imine (C=N–C) groups is 1. The van der Waals surface area contributed by atoms with Crippen molar-refractivity contribution in [2.24, 2.45) is 4.99 Å². The van der Waals surface area contributed by atoms with Gasteiger partial charge in [0.15, 0.2) is 0 Å². The van der Waals surface area contributed by atoms with Crippen molar-refractivity contribution in [2.75, 3.05) is 13.7 Å². The van der Waals surface area contributed by atoms with Gasteiger partial charge in [-0.2, -0.15) is 0 Å². The highest BCUT2D eigenvalue weighted by atomic mass is 32.1. The molecule has 5 nitrogen and oxygen atoms in total. The first kappa shape index (κ1) is 16.6. The van der Waals surface area contributed by atoms with Crippen LogP contribution in [0.2, 0.25) is 0 Å². The van der Waals surface area contributed by atoms with E-state index in [-0.39, 0.29) is 0 Å². The van der Waals surface area contributed by atoms with Gasteiger partial charge in [0, 0.05) is 17.8 Å². The minimum Gasteiger partial charge on any atom is -0.497 e. The topological polar surface area (TPSA) is 52.9 Å². The lowest BCUT2D eigenvalue weighted by atomic mass is 10.1. The number of benzene rings is 2. The molecule has 2 heterocycles. The van der Waals surface area contributed by atoms with Gasteiger partial charge in [0.1, 0.15) is 23.9 Å². The zero-order valence-corrected chi connectivity index (χ0v) is 15.4. The second-order valence-electron chi connectivity index (χ2n) is 5.68. The number of hydrogen-bond donors (Lipinski definition) is 0. The van der Waals surface area contributed by atoms with Crippen molar-refractivity contribution in [3.63, 3.8) is 0 Å². The van der Waals surface area contributed by atoms with Crippen molar-refractivity contribution in [3.8, 4) is 28.5 Å². The molecule has 0 saturated heterocycles. The SMILES string of the molecule is CCOc1ccc(C=Nc2nc3c(s2)COc2cc(OC)ccc2-3)cc1. The van der Waals surface area contributed by atoms with Gasteiger partial charge in [0.05, 0.1) is 24.3 Å². The normalized spacial score (nSPS) is 12.4. The summed E-state index contributed by atoms with van der Waals surface area (Å²) in [5.41, 5.74) is 2.92. The van der Waals surface area contributed by atoms with Gasteiger partial charge < -0.3 is 14.2 Å². The molecule has 1 aromatic heterocycles. The van der Waals surface area contributed by atoms with Crippen molar-refractivity contribution in [1.29, 1.82) is 0 Å². The molecule has 0 amide bonds. The van der Waals surface area contributed by atoms with Gasteiger partial charge in [0.25, 0.3) is 0 Å². The second kappa shape index (κ2) is 7.17. The standard InChI is InChI=1S/C20H18N2O3S/c1-3-24-14-6-4-13(5-7-14)11-21-20-22-19-16-9-8-15(23-2)10-17(16)25-12-18(19)26-20/h4-11H,3,12H2,1-2H3. The number of thiazole rings is 1. The lowest BCUT2D eigenvalue weighted by Gasteiger charge is -2.16. The molecule has 6 heteroatoms. The van der Waals surface area contributed by atoms with Crippen LogP contribution in [0.15, 0.2) is 47.5 Å². The van der Waals surface area contributed by atoms with Gasteiger partial charge in [-0.05, 0) is 48.9 Å². The fourth-order valence-electron chi connectivity index (χ4n) is 2.74. The average Bonchev–Trinajstić information content (AvgIpc) is 3.11. The zero-order valence-electron chi connectivity index (χ0n) is 14.6. The van der Waals surface area contributed by atoms with E-state index in [0.29, 0.717) is 13.2 Å². The van der Waals surface area contributed by atoms with E-state index in [9.17, 15) is 0 Å². The zero-order chi connectivity index (χ0) is 17.9. The Morgan fingerprint density at radius 2 is 2.00 bits per heavy atom. The summed E-state index contributed by atoms with van der Waals surface area (Å²) in [6, 6.07) is 13.6. The number of aromatic nitrogens is 1. The maximum Gasteiger partial charge on any atom is 0.210 e. The third-order valence-corrected chi connectivity index (χ3v) is 4.94. The van der Waals surface area contributed by atoms with Crippen molar-refractivity contribution in [2.45, 2.75) is 13.5 Å². The van der Waals surface area contributed by atoms with Crippen LogP contribution in [0.3, 0.4) is 0 Å². The molecule has 0 spiro atoms. The highest BCUT2D eigenvalue weighted by Crippen LogP contribution is 2.42. The van der Waals surface area contributed by atoms with E-state index in [1.165, 1.54) is 0 Å². The van der Waals surface area contributed by atoms with E-state index in [2.05, 4.69) is 9.98 Å². The molecule has 0 unspecified atom stereocenters. The largest absolute Gasteiger partial charge is 0.497 e. The molecule has 1 aliphatic heterocycles. The van der Waals surface area contributed by atoms with Crippen molar-refractivity contribution >= 4 is 22.7 Å². The Morgan fingerprint density at radius 1 is 1.19 bits per heavy atom. The van der Waals surface area contributed by atoms with Crippen LogP contribution in [0.4, 0.5) is 5.13 Å². The minimum atomic E-state index is 0.506. The summed E-state index contributed by atoms with van der Waals surface area (Å²) in [4.78, 5) is 10.3. The monoisotopic (exact) mass is 366 g/mol. The summed E-state index contributed by atoms with van der Waals surface area (Å²) in [6.45, 7) is 3.14. The number of ether oxygens (including phenoxy) is 3. The van der Waals surface area contributed by atoms with Crippen LogP contribution in [-0.4, -0.2) is 24.9 Å². The first-order valence-corrected chi connectivity index (χ1v) is 9.16. The van der Waals surface area contributed by atoms with Crippen LogP contribution in [0.5, 0.6) is 17.2 Å². The van der Waals surface area contributed by atoms with E-state index in [4.69, 9.17) is 14.2 Å². The number of methoxy groups -OCH3 is 1. The van der Waals surface area contributed by atoms with Crippen molar-refractivity contribution in [1.82, 2.24) is 4.98 Å². The van der Waals surface area contributed by atoms with E-state index < -0.39 is 0 Å². The maximum atomic E-state index is 5.83. The Balaban J connectivity index is 1.57. The Labute approximate surface area is 155 Å². The predicted molar refractivity (Wildman–Crippen MR) is 103 cm³/mol. The van der Waals surface area contributed by atoms with Gasteiger partial charge in [-0.25, -0.2) is 9.98 Å². The van der Waals surface area contributed by atoms with Crippen LogP contribution in [0.1, 0.15) is 17.4 Å². The summed E-state index contributed by atoms with van der Waals surface area (Å²) in [7, 11) is 1.65. The lowest BCUT2D eigenvalue weighted by molar-refractivity contribution is 0.303. The molecule has 0 bridgehead atoms. The molecule has 2 aromatic carbocycles. The summed E-state index contributed by atoms with van der Waals surface area (Å²) in [5, 5.41) is 0.719. The highest BCUT2D eigenvalue weighted by Gasteiger charge is 2.22. The Kier molecular flexibility index (Phi) is 4.58. The van der Waals surface area contributed by atoms with Crippen LogP contribution >= 0.6 is 11.3 Å². The van der Waals surface area contributed by atoms with Crippen LogP contribution < -0.4 is 14.2 Å². The molecule has 0 N–H and O–H groups in total. The predicted octanol–water partition coefficient (Wildman–Crippen LogP) is 4.86. The fourth-order valence-corrected chi connectivity index (χ4v) is 3.57. The molecule has 1 aliphatic rings. The molecule has 4 rings (SSSR count). The fraction of sp³-hybridized carbons (Fsp3) is 0.200. The van der Waals surface area contributed by atoms with Gasteiger partial charge in [-0.3, -0.25) is 0 Å². The summed E-state index contributed by atoms with van der Waals surface area (Å²) < 4.78 is 16.5. The number of rotatable bonds is 5. The Morgan fingerprint density at radius 3 is 2.77 bits per heavy atom. The molecule has 26 heavy (non-hydrogen) atoms. The molecule has 132 valence electrons. The molecular formula is C20H18N2O3S. The van der Waals surface area contributed by atoms with Gasteiger partial charge in [-0.1, -0.05) is 11.3 Å². The van der Waals surface area contributed by atoms with E-state index in [1.54, 1.807) is 18.4 Å². The van der Waals surface area contributed by atoms with Crippen molar-refractivity contribution in [3.05, 3.63) is 52.9 Å². The van der Waals surface area contributed by atoms with Gasteiger partial charge >= 0.3 is 0 Å². The van der Waals surface area contributed by atoms with E-state index >= 15 is 0 Å². The van der Waals surface area contributed by atoms with Gasteiger partial charge in [-0.15, -0.1) is 0 Å². The number of hydrogen-bond acceptors (Lipinski definition) is 6. The quantitative estimate of drug-likeness (QED) is 0.605. The molecule has 0 atom stereocenters. The molecule has 0 saturated carbocycles. The first-order valence-electron chi connectivity index (χ1n) is 8.34. The maximum absolute atomic E-state index is 5.83. The average molecular weight is 366 g/mol. The number of nitrogens with zero attached hydrogens (tertiary/aromatic N) is 2. The van der Waals surface area contributed by atoms with Gasteiger partial charge in [0.2, 0.25) is 5.13 Å².